The quantitative estimate of drug-likeness (QED) is 0.372. The van der Waals surface area contributed by atoms with E-state index in [0.717, 1.165) is 11.2 Å². The zero-order valence-corrected chi connectivity index (χ0v) is 13.3. The first-order valence-corrected chi connectivity index (χ1v) is 8.29. The van der Waals surface area contributed by atoms with Gasteiger partial charge in [-0.25, -0.2) is 0 Å². The number of fused-ring (bicyclic) bond motifs is 7. The second kappa shape index (κ2) is 4.10. The maximum absolute atomic E-state index is 6.17. The van der Waals surface area contributed by atoms with Crippen molar-refractivity contribution in [2.75, 3.05) is 0 Å². The first-order valence-electron chi connectivity index (χ1n) is 8.29. The highest BCUT2D eigenvalue weighted by molar-refractivity contribution is 6.34. The largest absolute Gasteiger partial charge is 0.456 e. The maximum Gasteiger partial charge on any atom is 0.139 e. The van der Waals surface area contributed by atoms with Crippen molar-refractivity contribution in [3.63, 3.8) is 0 Å². The Bertz CT molecular complexity index is 1310. The van der Waals surface area contributed by atoms with E-state index in [-0.39, 0.29) is 0 Å². The van der Waals surface area contributed by atoms with Crippen molar-refractivity contribution in [1.29, 1.82) is 0 Å². The zero-order valence-electron chi connectivity index (χ0n) is 13.3. The summed E-state index contributed by atoms with van der Waals surface area (Å²) in [6, 6.07) is 23.9. The summed E-state index contributed by atoms with van der Waals surface area (Å²) in [7, 11) is 2.15. The number of hydrogen-bond acceptors (Lipinski definition) is 1. The molecule has 1 nitrogen and oxygen atoms in total. The van der Waals surface area contributed by atoms with Gasteiger partial charge in [-0.3, -0.25) is 0 Å². The number of rotatable bonds is 0. The highest BCUT2D eigenvalue weighted by Gasteiger charge is 2.24. The Morgan fingerprint density at radius 3 is 2.42 bits per heavy atom. The average Bonchev–Trinajstić information content (AvgIpc) is 3.13. The summed E-state index contributed by atoms with van der Waals surface area (Å²) in [5.41, 5.74) is 8.52. The minimum atomic E-state index is 0.960. The van der Waals surface area contributed by atoms with Gasteiger partial charge in [0, 0.05) is 10.8 Å². The highest BCUT2D eigenvalue weighted by atomic mass is 16.3. The lowest BCUT2D eigenvalue weighted by molar-refractivity contribution is 0.669. The summed E-state index contributed by atoms with van der Waals surface area (Å²) < 4.78 is 6.17. The lowest BCUT2D eigenvalue weighted by atomic mass is 9.91. The van der Waals surface area contributed by atoms with Crippen LogP contribution in [0.3, 0.4) is 0 Å². The van der Waals surface area contributed by atoms with Crippen molar-refractivity contribution in [2.24, 2.45) is 0 Å². The van der Waals surface area contributed by atoms with E-state index in [4.69, 9.17) is 4.42 Å². The van der Waals surface area contributed by atoms with Crippen LogP contribution in [0.2, 0.25) is 0 Å². The Labute approximate surface area is 139 Å². The van der Waals surface area contributed by atoms with E-state index < -0.39 is 0 Å². The topological polar surface area (TPSA) is 13.1 Å². The summed E-state index contributed by atoms with van der Waals surface area (Å²) in [5.74, 6) is 0. The van der Waals surface area contributed by atoms with Gasteiger partial charge in [0.1, 0.15) is 19.0 Å². The summed E-state index contributed by atoms with van der Waals surface area (Å²) in [6.07, 6.45) is 0. The molecule has 1 aliphatic rings. The minimum Gasteiger partial charge on any atom is -0.456 e. The normalized spacial score (nSPS) is 12.3. The Morgan fingerprint density at radius 1 is 0.583 bits per heavy atom. The third-order valence-electron chi connectivity index (χ3n) is 5.26. The Kier molecular flexibility index (Phi) is 2.12. The molecule has 6 rings (SSSR count). The molecule has 0 aliphatic heterocycles. The van der Waals surface area contributed by atoms with E-state index in [0.29, 0.717) is 0 Å². The molecule has 0 amide bonds. The van der Waals surface area contributed by atoms with E-state index in [2.05, 4.69) is 68.5 Å². The van der Waals surface area contributed by atoms with Gasteiger partial charge in [-0.05, 0) is 45.2 Å². The molecule has 1 aromatic heterocycles. The molecular weight excluding hydrogens is 291 g/mol. The number of benzene rings is 4. The Hall–Kier alpha value is -3.00. The van der Waals surface area contributed by atoms with Crippen LogP contribution in [0.15, 0.2) is 71.1 Å². The lowest BCUT2D eigenvalue weighted by Gasteiger charge is -2.04. The van der Waals surface area contributed by atoms with Gasteiger partial charge in [-0.2, -0.15) is 0 Å². The van der Waals surface area contributed by atoms with Gasteiger partial charge in [-0.15, -0.1) is 0 Å². The van der Waals surface area contributed by atoms with Crippen LogP contribution < -0.4 is 5.46 Å². The predicted molar refractivity (Wildman–Crippen MR) is 104 cm³/mol. The fourth-order valence-corrected chi connectivity index (χ4v) is 4.25. The first-order chi connectivity index (χ1) is 11.8. The molecule has 5 aromatic rings. The molecule has 1 aliphatic carbocycles. The van der Waals surface area contributed by atoms with Crippen molar-refractivity contribution < 1.29 is 4.42 Å². The van der Waals surface area contributed by atoms with Gasteiger partial charge < -0.3 is 4.42 Å². The van der Waals surface area contributed by atoms with E-state index in [1.54, 1.807) is 0 Å². The molecule has 0 bridgehead atoms. The number of hydrogen-bond donors (Lipinski definition) is 0. The number of para-hydroxylation sites is 1. The van der Waals surface area contributed by atoms with E-state index in [9.17, 15) is 0 Å². The molecule has 24 heavy (non-hydrogen) atoms. The third kappa shape index (κ3) is 1.37. The van der Waals surface area contributed by atoms with Crippen LogP contribution in [0.25, 0.3) is 55.0 Å². The zero-order chi connectivity index (χ0) is 15.8. The van der Waals surface area contributed by atoms with Crippen molar-refractivity contribution in [1.82, 2.24) is 0 Å². The second-order valence-corrected chi connectivity index (χ2v) is 6.67. The van der Waals surface area contributed by atoms with Crippen molar-refractivity contribution >= 4 is 46.0 Å². The summed E-state index contributed by atoms with van der Waals surface area (Å²) in [4.78, 5) is 0. The molecule has 1 heterocycles. The molecule has 110 valence electrons. The van der Waals surface area contributed by atoms with Crippen LogP contribution in [0.5, 0.6) is 0 Å². The molecule has 4 aromatic carbocycles. The van der Waals surface area contributed by atoms with Crippen LogP contribution in [0.1, 0.15) is 0 Å². The fraction of sp³-hybridized carbons (Fsp3) is 0. The van der Waals surface area contributed by atoms with Crippen molar-refractivity contribution in [3.05, 3.63) is 66.7 Å². The number of furan rings is 1. The molecule has 0 spiro atoms. The van der Waals surface area contributed by atoms with Gasteiger partial charge >= 0.3 is 0 Å². The fourth-order valence-electron chi connectivity index (χ4n) is 4.25. The first kappa shape index (κ1) is 12.4. The molecule has 0 fully saturated rings. The summed E-state index contributed by atoms with van der Waals surface area (Å²) >= 11 is 0. The van der Waals surface area contributed by atoms with Crippen LogP contribution in [0, 0.1) is 0 Å². The SMILES string of the molecule is Bc1ccc2c(c1)-c1cc3oc4ccccc4c3c3cccc-2c13. The predicted octanol–water partition coefficient (Wildman–Crippen LogP) is 4.65. The van der Waals surface area contributed by atoms with E-state index >= 15 is 0 Å². The molecule has 0 saturated carbocycles. The molecule has 0 unspecified atom stereocenters. The Balaban J connectivity index is 1.91. The second-order valence-electron chi connectivity index (χ2n) is 6.67. The van der Waals surface area contributed by atoms with Gasteiger partial charge in [0.05, 0.1) is 0 Å². The van der Waals surface area contributed by atoms with Crippen molar-refractivity contribution in [3.8, 4) is 22.3 Å². The monoisotopic (exact) mass is 304 g/mol. The minimum absolute atomic E-state index is 0.960. The Morgan fingerprint density at radius 2 is 1.46 bits per heavy atom. The van der Waals surface area contributed by atoms with Gasteiger partial charge in [0.15, 0.2) is 0 Å². The van der Waals surface area contributed by atoms with Crippen LogP contribution in [-0.4, -0.2) is 7.85 Å². The molecule has 0 atom stereocenters. The van der Waals surface area contributed by atoms with Crippen LogP contribution in [-0.2, 0) is 0 Å². The van der Waals surface area contributed by atoms with Crippen LogP contribution >= 0.6 is 0 Å². The highest BCUT2D eigenvalue weighted by Crippen LogP contribution is 2.50. The third-order valence-corrected chi connectivity index (χ3v) is 5.26. The lowest BCUT2D eigenvalue weighted by Crippen LogP contribution is -2.00. The van der Waals surface area contributed by atoms with Gasteiger partial charge in [0.2, 0.25) is 0 Å². The smallest absolute Gasteiger partial charge is 0.139 e. The van der Waals surface area contributed by atoms with E-state index in [1.807, 2.05) is 6.07 Å². The standard InChI is InChI=1S/C22H13BO/c23-12-8-9-13-14-5-3-6-16-21(14)18(17(13)10-12)11-20-22(16)15-4-1-2-7-19(15)24-20/h1-11H,23H2. The molecule has 0 saturated heterocycles. The van der Waals surface area contributed by atoms with Gasteiger partial charge in [-0.1, -0.05) is 60.1 Å². The van der Waals surface area contributed by atoms with Gasteiger partial charge in [0.25, 0.3) is 0 Å². The molecule has 0 N–H and O–H groups in total. The molecule has 2 heteroatoms. The average molecular weight is 304 g/mol. The maximum atomic E-state index is 6.17. The van der Waals surface area contributed by atoms with E-state index in [1.165, 1.54) is 49.3 Å². The van der Waals surface area contributed by atoms with Crippen molar-refractivity contribution in [2.45, 2.75) is 0 Å². The summed E-state index contributed by atoms with van der Waals surface area (Å²) in [6.45, 7) is 0. The molecule has 0 radical (unpaired) electrons. The summed E-state index contributed by atoms with van der Waals surface area (Å²) in [5, 5.41) is 5.08. The van der Waals surface area contributed by atoms with Crippen LogP contribution in [0.4, 0.5) is 0 Å². The molecular formula is C22H13BO.